The zero-order valence-electron chi connectivity index (χ0n) is 12.3. The van der Waals surface area contributed by atoms with Crippen molar-refractivity contribution in [1.82, 2.24) is 9.88 Å². The van der Waals surface area contributed by atoms with Crippen molar-refractivity contribution < 1.29 is 9.59 Å². The molecule has 0 N–H and O–H groups in total. The lowest BCUT2D eigenvalue weighted by atomic mass is 10.1. The maximum Gasteiger partial charge on any atom is 0.222 e. The summed E-state index contributed by atoms with van der Waals surface area (Å²) in [6, 6.07) is 7.26. The fourth-order valence-corrected chi connectivity index (χ4v) is 2.98. The van der Waals surface area contributed by atoms with Crippen LogP contribution in [0.1, 0.15) is 28.1 Å². The van der Waals surface area contributed by atoms with Gasteiger partial charge in [0.05, 0.1) is 9.21 Å². The molecule has 0 aliphatic carbocycles. The van der Waals surface area contributed by atoms with Crippen molar-refractivity contribution in [3.63, 3.8) is 0 Å². The van der Waals surface area contributed by atoms with Gasteiger partial charge in [-0.1, -0.05) is 11.6 Å². The first kappa shape index (κ1) is 16.6. The van der Waals surface area contributed by atoms with Gasteiger partial charge in [0.25, 0.3) is 0 Å². The minimum Gasteiger partial charge on any atom is -0.345 e. The van der Waals surface area contributed by atoms with Crippen LogP contribution in [0, 0.1) is 0 Å². The number of amides is 1. The van der Waals surface area contributed by atoms with Crippen LogP contribution < -0.4 is 0 Å². The molecule has 0 radical (unpaired) electrons. The van der Waals surface area contributed by atoms with Crippen LogP contribution in [-0.2, 0) is 11.2 Å². The van der Waals surface area contributed by atoms with Gasteiger partial charge in [-0.05, 0) is 36.2 Å². The molecule has 1 amide bonds. The quantitative estimate of drug-likeness (QED) is 0.727. The number of hydrogen-bond acceptors (Lipinski definition) is 4. The highest BCUT2D eigenvalue weighted by atomic mass is 35.5. The Morgan fingerprint density at radius 2 is 1.91 bits per heavy atom. The molecule has 0 aromatic carbocycles. The normalized spacial score (nSPS) is 10.5. The molecule has 4 nitrogen and oxygen atoms in total. The second-order valence-electron chi connectivity index (χ2n) is 4.95. The summed E-state index contributed by atoms with van der Waals surface area (Å²) >= 11 is 7.05. The second-order valence-corrected chi connectivity index (χ2v) is 6.66. The third-order valence-electron chi connectivity index (χ3n) is 3.32. The fourth-order valence-electron chi connectivity index (χ4n) is 1.97. The third kappa shape index (κ3) is 4.93. The predicted molar refractivity (Wildman–Crippen MR) is 88.5 cm³/mol. The lowest BCUT2D eigenvalue weighted by Gasteiger charge is -2.16. The van der Waals surface area contributed by atoms with Gasteiger partial charge in [0, 0.05) is 38.8 Å². The van der Waals surface area contributed by atoms with Crippen molar-refractivity contribution >= 4 is 34.6 Å². The minimum absolute atomic E-state index is 0.0231. The van der Waals surface area contributed by atoms with E-state index < -0.39 is 0 Å². The van der Waals surface area contributed by atoms with Crippen molar-refractivity contribution in [2.45, 2.75) is 19.3 Å². The number of ketones is 1. The Bertz CT molecular complexity index is 643. The number of likely N-dealkylation sites (N-methyl/N-ethyl adjacent to an activating group) is 1. The molecule has 2 rings (SSSR count). The smallest absolute Gasteiger partial charge is 0.222 e. The van der Waals surface area contributed by atoms with E-state index in [1.807, 2.05) is 12.1 Å². The fraction of sp³-hybridized carbons (Fsp3) is 0.312. The van der Waals surface area contributed by atoms with E-state index in [9.17, 15) is 9.59 Å². The highest BCUT2D eigenvalue weighted by Crippen LogP contribution is 2.23. The van der Waals surface area contributed by atoms with Crippen LogP contribution in [-0.4, -0.2) is 35.2 Å². The highest BCUT2D eigenvalue weighted by molar-refractivity contribution is 7.18. The number of carbonyl (C=O) groups excluding carboxylic acids is 2. The van der Waals surface area contributed by atoms with Gasteiger partial charge < -0.3 is 4.90 Å². The van der Waals surface area contributed by atoms with E-state index in [2.05, 4.69) is 4.98 Å². The summed E-state index contributed by atoms with van der Waals surface area (Å²) in [7, 11) is 1.76. The molecule has 0 bridgehead atoms. The lowest BCUT2D eigenvalue weighted by molar-refractivity contribution is -0.129. The van der Waals surface area contributed by atoms with Gasteiger partial charge in [0.1, 0.15) is 0 Å². The first-order chi connectivity index (χ1) is 10.6. The Labute approximate surface area is 138 Å². The summed E-state index contributed by atoms with van der Waals surface area (Å²) in [6.07, 6.45) is 4.69. The molecule has 0 aliphatic rings. The monoisotopic (exact) mass is 336 g/mol. The van der Waals surface area contributed by atoms with Crippen LogP contribution in [0.25, 0.3) is 0 Å². The average molecular weight is 337 g/mol. The number of aromatic nitrogens is 1. The Morgan fingerprint density at radius 3 is 2.55 bits per heavy atom. The molecule has 0 spiro atoms. The van der Waals surface area contributed by atoms with E-state index >= 15 is 0 Å². The van der Waals surface area contributed by atoms with Crippen LogP contribution in [0.2, 0.25) is 4.34 Å². The third-order valence-corrected chi connectivity index (χ3v) is 4.60. The van der Waals surface area contributed by atoms with Gasteiger partial charge >= 0.3 is 0 Å². The van der Waals surface area contributed by atoms with E-state index in [-0.39, 0.29) is 24.5 Å². The molecule has 6 heteroatoms. The number of rotatable bonds is 7. The molecule has 0 aliphatic heterocycles. The summed E-state index contributed by atoms with van der Waals surface area (Å²) in [6.45, 7) is 0.627. The molecule has 2 aromatic rings. The molecule has 0 atom stereocenters. The van der Waals surface area contributed by atoms with E-state index in [0.29, 0.717) is 15.8 Å². The molecule has 0 unspecified atom stereocenters. The van der Waals surface area contributed by atoms with Crippen LogP contribution in [0.5, 0.6) is 0 Å². The first-order valence-electron chi connectivity index (χ1n) is 6.97. The van der Waals surface area contributed by atoms with E-state index in [4.69, 9.17) is 11.6 Å². The van der Waals surface area contributed by atoms with E-state index in [0.717, 1.165) is 12.0 Å². The maximum absolute atomic E-state index is 12.0. The Morgan fingerprint density at radius 1 is 1.18 bits per heavy atom. The molecular formula is C16H17ClN2O2S. The van der Waals surface area contributed by atoms with Crippen LogP contribution in [0.15, 0.2) is 36.7 Å². The molecule has 0 saturated carbocycles. The van der Waals surface area contributed by atoms with E-state index in [1.54, 1.807) is 36.5 Å². The number of halogens is 1. The predicted octanol–water partition coefficient (Wildman–Crippen LogP) is 3.46. The largest absolute Gasteiger partial charge is 0.345 e. The standard InChI is InChI=1S/C16H17ClN2O2S/c1-19(11-8-12-6-9-18-10-7-12)16(21)5-2-13(20)14-3-4-15(17)22-14/h3-4,6-7,9-10H,2,5,8,11H2,1H3. The number of thiophene rings is 1. The number of hydrogen-bond donors (Lipinski definition) is 0. The van der Waals surface area contributed by atoms with Crippen molar-refractivity contribution in [2.75, 3.05) is 13.6 Å². The number of carbonyl (C=O) groups is 2. The number of nitrogens with zero attached hydrogens (tertiary/aromatic N) is 2. The van der Waals surface area contributed by atoms with Gasteiger partial charge in [-0.3, -0.25) is 14.6 Å². The maximum atomic E-state index is 12.0. The first-order valence-corrected chi connectivity index (χ1v) is 8.17. The minimum atomic E-state index is -0.0345. The number of pyridine rings is 1. The van der Waals surface area contributed by atoms with Crippen LogP contribution in [0.3, 0.4) is 0 Å². The summed E-state index contributed by atoms with van der Waals surface area (Å²) in [5, 5.41) is 0. The number of Topliss-reactive ketones (excluding diaryl/α,β-unsaturated/α-hetero) is 1. The Kier molecular flexibility index (Phi) is 6.10. The van der Waals surface area contributed by atoms with Gasteiger partial charge in [-0.2, -0.15) is 0 Å². The molecular weight excluding hydrogens is 320 g/mol. The second kappa shape index (κ2) is 8.06. The summed E-state index contributed by atoms with van der Waals surface area (Å²) in [4.78, 5) is 30.2. The van der Waals surface area contributed by atoms with Crippen molar-refractivity contribution in [1.29, 1.82) is 0 Å². The molecule has 2 aromatic heterocycles. The molecule has 22 heavy (non-hydrogen) atoms. The summed E-state index contributed by atoms with van der Waals surface area (Å²) in [5.74, 6) is -0.0576. The van der Waals surface area contributed by atoms with Gasteiger partial charge in [-0.25, -0.2) is 0 Å². The lowest BCUT2D eigenvalue weighted by Crippen LogP contribution is -2.29. The SMILES string of the molecule is CN(CCc1ccncc1)C(=O)CCC(=O)c1ccc(Cl)s1. The molecule has 2 heterocycles. The van der Waals surface area contributed by atoms with Crippen LogP contribution >= 0.6 is 22.9 Å². The molecule has 0 fully saturated rings. The highest BCUT2D eigenvalue weighted by Gasteiger charge is 2.14. The Hall–Kier alpha value is -1.72. The Balaban J connectivity index is 1.75. The molecule has 0 saturated heterocycles. The van der Waals surface area contributed by atoms with Crippen molar-refractivity contribution in [2.24, 2.45) is 0 Å². The van der Waals surface area contributed by atoms with E-state index in [1.165, 1.54) is 11.3 Å². The zero-order chi connectivity index (χ0) is 15.9. The summed E-state index contributed by atoms with van der Waals surface area (Å²) in [5.41, 5.74) is 1.14. The summed E-state index contributed by atoms with van der Waals surface area (Å²) < 4.78 is 0.587. The van der Waals surface area contributed by atoms with Gasteiger partial charge in [0.2, 0.25) is 5.91 Å². The van der Waals surface area contributed by atoms with Crippen molar-refractivity contribution in [3.8, 4) is 0 Å². The van der Waals surface area contributed by atoms with Gasteiger partial charge in [0.15, 0.2) is 5.78 Å². The van der Waals surface area contributed by atoms with Gasteiger partial charge in [-0.15, -0.1) is 11.3 Å². The zero-order valence-corrected chi connectivity index (χ0v) is 13.9. The molecule has 116 valence electrons. The average Bonchev–Trinajstić information content (AvgIpc) is 2.97. The van der Waals surface area contributed by atoms with Crippen molar-refractivity contribution in [3.05, 3.63) is 51.4 Å². The van der Waals surface area contributed by atoms with Crippen LogP contribution in [0.4, 0.5) is 0 Å². The topological polar surface area (TPSA) is 50.3 Å².